The Labute approximate surface area is 111 Å². The standard InChI is InChI=1S/C15H15NOS/c1-15(2)10-17-14(16-15)12-5-3-11(4-6-12)13-7-8-18-9-13/h3-9H,10H2,1-2H3. The highest BCUT2D eigenvalue weighted by Gasteiger charge is 2.26. The lowest BCUT2D eigenvalue weighted by Crippen LogP contribution is -2.17. The molecule has 0 N–H and O–H groups in total. The fourth-order valence-electron chi connectivity index (χ4n) is 1.97. The Morgan fingerprint density at radius 1 is 1.06 bits per heavy atom. The molecule has 0 saturated carbocycles. The van der Waals surface area contributed by atoms with Crippen LogP contribution in [-0.4, -0.2) is 18.0 Å². The summed E-state index contributed by atoms with van der Waals surface area (Å²) in [6.07, 6.45) is 0. The lowest BCUT2D eigenvalue weighted by atomic mass is 10.1. The van der Waals surface area contributed by atoms with Crippen molar-refractivity contribution in [3.63, 3.8) is 0 Å². The fourth-order valence-corrected chi connectivity index (χ4v) is 2.63. The molecule has 0 radical (unpaired) electrons. The quantitative estimate of drug-likeness (QED) is 0.797. The maximum atomic E-state index is 5.64. The van der Waals surface area contributed by atoms with Crippen LogP contribution in [0.5, 0.6) is 0 Å². The maximum absolute atomic E-state index is 5.64. The molecule has 3 rings (SSSR count). The third-order valence-corrected chi connectivity index (χ3v) is 3.64. The van der Waals surface area contributed by atoms with E-state index in [0.29, 0.717) is 6.61 Å². The molecule has 1 aromatic carbocycles. The Kier molecular flexibility index (Phi) is 2.71. The van der Waals surface area contributed by atoms with Crippen molar-refractivity contribution >= 4 is 17.2 Å². The molecule has 0 bridgehead atoms. The second-order valence-electron chi connectivity index (χ2n) is 5.11. The van der Waals surface area contributed by atoms with Crippen LogP contribution < -0.4 is 0 Å². The molecule has 2 aromatic rings. The van der Waals surface area contributed by atoms with Crippen LogP contribution in [0.2, 0.25) is 0 Å². The zero-order valence-corrected chi connectivity index (χ0v) is 11.3. The highest BCUT2D eigenvalue weighted by atomic mass is 32.1. The third kappa shape index (κ3) is 2.18. The average molecular weight is 257 g/mol. The van der Waals surface area contributed by atoms with Crippen LogP contribution in [-0.2, 0) is 4.74 Å². The van der Waals surface area contributed by atoms with Gasteiger partial charge < -0.3 is 4.74 Å². The lowest BCUT2D eigenvalue weighted by Gasteiger charge is -2.07. The number of aliphatic imine (C=N–C) groups is 1. The number of benzene rings is 1. The van der Waals surface area contributed by atoms with E-state index in [1.807, 2.05) is 0 Å². The van der Waals surface area contributed by atoms with Crippen LogP contribution in [0.3, 0.4) is 0 Å². The molecule has 0 saturated heterocycles. The largest absolute Gasteiger partial charge is 0.475 e. The Balaban J connectivity index is 1.88. The number of hydrogen-bond acceptors (Lipinski definition) is 3. The molecule has 1 aliphatic rings. The topological polar surface area (TPSA) is 21.6 Å². The Morgan fingerprint density at radius 3 is 2.33 bits per heavy atom. The number of thiophene rings is 1. The van der Waals surface area contributed by atoms with Crippen LogP contribution in [0.1, 0.15) is 19.4 Å². The maximum Gasteiger partial charge on any atom is 0.216 e. The molecule has 1 aromatic heterocycles. The average Bonchev–Trinajstić information content (AvgIpc) is 2.98. The first kappa shape index (κ1) is 11.5. The molecule has 18 heavy (non-hydrogen) atoms. The molecule has 92 valence electrons. The van der Waals surface area contributed by atoms with E-state index in [-0.39, 0.29) is 5.54 Å². The van der Waals surface area contributed by atoms with Crippen molar-refractivity contribution in [1.82, 2.24) is 0 Å². The molecule has 0 aliphatic carbocycles. The number of nitrogens with zero attached hydrogens (tertiary/aromatic N) is 1. The normalized spacial score (nSPS) is 17.3. The monoisotopic (exact) mass is 257 g/mol. The first-order valence-electron chi connectivity index (χ1n) is 6.00. The molecule has 1 aliphatic heterocycles. The second-order valence-corrected chi connectivity index (χ2v) is 5.89. The van der Waals surface area contributed by atoms with Crippen molar-refractivity contribution in [2.75, 3.05) is 6.61 Å². The summed E-state index contributed by atoms with van der Waals surface area (Å²) in [6.45, 7) is 4.83. The third-order valence-electron chi connectivity index (χ3n) is 2.95. The van der Waals surface area contributed by atoms with Crippen LogP contribution in [0.4, 0.5) is 0 Å². The predicted octanol–water partition coefficient (Wildman–Crippen LogP) is 3.97. The van der Waals surface area contributed by atoms with Crippen molar-refractivity contribution in [3.8, 4) is 11.1 Å². The summed E-state index contributed by atoms with van der Waals surface area (Å²) >= 11 is 1.72. The molecule has 0 fully saturated rings. The van der Waals surface area contributed by atoms with Crippen molar-refractivity contribution in [2.24, 2.45) is 4.99 Å². The molecule has 0 spiro atoms. The number of ether oxygens (including phenoxy) is 1. The highest BCUT2D eigenvalue weighted by molar-refractivity contribution is 7.08. The van der Waals surface area contributed by atoms with Gasteiger partial charge in [-0.3, -0.25) is 0 Å². The molecule has 2 heterocycles. The van der Waals surface area contributed by atoms with E-state index in [0.717, 1.165) is 11.5 Å². The van der Waals surface area contributed by atoms with E-state index in [2.05, 4.69) is 59.9 Å². The SMILES string of the molecule is CC1(C)COC(c2ccc(-c3ccsc3)cc2)=N1. The van der Waals surface area contributed by atoms with Crippen molar-refractivity contribution < 1.29 is 4.74 Å². The summed E-state index contributed by atoms with van der Waals surface area (Å²) in [6, 6.07) is 10.5. The van der Waals surface area contributed by atoms with Crippen molar-refractivity contribution in [1.29, 1.82) is 0 Å². The van der Waals surface area contributed by atoms with Gasteiger partial charge in [0.25, 0.3) is 0 Å². The minimum atomic E-state index is -0.0959. The van der Waals surface area contributed by atoms with E-state index in [1.54, 1.807) is 11.3 Å². The second kappa shape index (κ2) is 4.25. The van der Waals surface area contributed by atoms with Gasteiger partial charge in [0.15, 0.2) is 0 Å². The molecule has 0 unspecified atom stereocenters. The van der Waals surface area contributed by atoms with Gasteiger partial charge in [0.05, 0.1) is 5.54 Å². The van der Waals surface area contributed by atoms with E-state index in [4.69, 9.17) is 4.74 Å². The number of rotatable bonds is 2. The summed E-state index contributed by atoms with van der Waals surface area (Å²) in [4.78, 5) is 4.58. The van der Waals surface area contributed by atoms with Gasteiger partial charge in [0.1, 0.15) is 6.61 Å². The highest BCUT2D eigenvalue weighted by Crippen LogP contribution is 2.25. The first-order valence-corrected chi connectivity index (χ1v) is 6.94. The molecular formula is C15H15NOS. The molecule has 2 nitrogen and oxygen atoms in total. The molecule has 0 atom stereocenters. The zero-order valence-electron chi connectivity index (χ0n) is 10.5. The fraction of sp³-hybridized carbons (Fsp3) is 0.267. The van der Waals surface area contributed by atoms with Gasteiger partial charge in [-0.1, -0.05) is 12.1 Å². The van der Waals surface area contributed by atoms with Gasteiger partial charge in [-0.25, -0.2) is 4.99 Å². The van der Waals surface area contributed by atoms with Gasteiger partial charge in [-0.05, 0) is 53.9 Å². The lowest BCUT2D eigenvalue weighted by molar-refractivity contribution is 0.279. The molecule has 3 heteroatoms. The Bertz CT molecular complexity index is 567. The first-order chi connectivity index (χ1) is 8.64. The van der Waals surface area contributed by atoms with Gasteiger partial charge in [-0.15, -0.1) is 0 Å². The van der Waals surface area contributed by atoms with E-state index >= 15 is 0 Å². The van der Waals surface area contributed by atoms with Gasteiger partial charge in [-0.2, -0.15) is 11.3 Å². The summed E-state index contributed by atoms with van der Waals surface area (Å²) in [7, 11) is 0. The van der Waals surface area contributed by atoms with Crippen molar-refractivity contribution in [3.05, 3.63) is 46.7 Å². The minimum absolute atomic E-state index is 0.0959. The van der Waals surface area contributed by atoms with Crippen LogP contribution >= 0.6 is 11.3 Å². The van der Waals surface area contributed by atoms with E-state index in [9.17, 15) is 0 Å². The predicted molar refractivity (Wildman–Crippen MR) is 76.3 cm³/mol. The van der Waals surface area contributed by atoms with Crippen LogP contribution in [0, 0.1) is 0 Å². The Morgan fingerprint density at radius 2 is 1.78 bits per heavy atom. The van der Waals surface area contributed by atoms with Crippen LogP contribution in [0.15, 0.2) is 46.1 Å². The van der Waals surface area contributed by atoms with E-state index in [1.165, 1.54) is 11.1 Å². The van der Waals surface area contributed by atoms with Crippen LogP contribution in [0.25, 0.3) is 11.1 Å². The molecule has 0 amide bonds. The smallest absolute Gasteiger partial charge is 0.216 e. The number of hydrogen-bond donors (Lipinski definition) is 0. The van der Waals surface area contributed by atoms with Gasteiger partial charge in [0, 0.05) is 5.56 Å². The molecular weight excluding hydrogens is 242 g/mol. The Hall–Kier alpha value is -1.61. The van der Waals surface area contributed by atoms with Gasteiger partial charge >= 0.3 is 0 Å². The zero-order chi connectivity index (χ0) is 12.6. The summed E-state index contributed by atoms with van der Waals surface area (Å²) in [5.41, 5.74) is 3.46. The summed E-state index contributed by atoms with van der Waals surface area (Å²) in [5, 5.41) is 4.25. The summed E-state index contributed by atoms with van der Waals surface area (Å²) in [5.74, 6) is 0.761. The summed E-state index contributed by atoms with van der Waals surface area (Å²) < 4.78 is 5.64. The van der Waals surface area contributed by atoms with Crippen molar-refractivity contribution in [2.45, 2.75) is 19.4 Å². The van der Waals surface area contributed by atoms with Gasteiger partial charge in [0.2, 0.25) is 5.90 Å². The minimum Gasteiger partial charge on any atom is -0.475 e. The van der Waals surface area contributed by atoms with E-state index < -0.39 is 0 Å².